The van der Waals surface area contributed by atoms with Gasteiger partial charge in [0.2, 0.25) is 0 Å². The highest BCUT2D eigenvalue weighted by Crippen LogP contribution is 2.50. The summed E-state index contributed by atoms with van der Waals surface area (Å²) < 4.78 is 25.4. The van der Waals surface area contributed by atoms with Gasteiger partial charge >= 0.3 is 11.9 Å². The summed E-state index contributed by atoms with van der Waals surface area (Å²) in [6, 6.07) is 8.16. The smallest absolute Gasteiger partial charge is 0.307 e. The van der Waals surface area contributed by atoms with E-state index in [0.717, 1.165) is 11.1 Å². The average molecular weight is 429 g/mol. The van der Waals surface area contributed by atoms with Crippen molar-refractivity contribution in [3.63, 3.8) is 0 Å². The van der Waals surface area contributed by atoms with Gasteiger partial charge in [0.05, 0.1) is 11.8 Å². The molecule has 4 rings (SSSR count). The molecule has 2 aromatic carbocycles. The topological polar surface area (TPSA) is 74.6 Å². The number of benzene rings is 2. The highest BCUT2D eigenvalue weighted by molar-refractivity contribution is 6.31. The molecule has 4 atom stereocenters. The van der Waals surface area contributed by atoms with Crippen LogP contribution < -0.4 is 0 Å². The first-order valence-corrected chi connectivity index (χ1v) is 9.30. The zero-order chi connectivity index (χ0) is 20.6. The minimum Gasteiger partial charge on any atom is -0.481 e. The monoisotopic (exact) mass is 428 g/mol. The fraction of sp³-hybridized carbons (Fsp3) is 0.300. The number of carbonyl (C=O) groups is 2. The number of carboxylic acid groups (broad SMARTS) is 2. The summed E-state index contributed by atoms with van der Waals surface area (Å²) in [5.74, 6) is -3.19. The van der Waals surface area contributed by atoms with Crippen LogP contribution in [-0.2, 0) is 9.59 Å². The van der Waals surface area contributed by atoms with Gasteiger partial charge in [-0.25, -0.2) is 8.78 Å². The van der Waals surface area contributed by atoms with Gasteiger partial charge in [-0.1, -0.05) is 35.3 Å². The Balaban J connectivity index is 0.000000161. The quantitative estimate of drug-likeness (QED) is 0.689. The lowest BCUT2D eigenvalue weighted by Crippen LogP contribution is -1.99. The van der Waals surface area contributed by atoms with Crippen LogP contribution in [0.4, 0.5) is 8.78 Å². The van der Waals surface area contributed by atoms with Crippen molar-refractivity contribution in [2.45, 2.75) is 24.7 Å². The molecule has 0 aliphatic heterocycles. The second-order valence-corrected chi connectivity index (χ2v) is 7.72. The largest absolute Gasteiger partial charge is 0.481 e. The summed E-state index contributed by atoms with van der Waals surface area (Å²) in [6.45, 7) is 0. The van der Waals surface area contributed by atoms with Gasteiger partial charge in [0.1, 0.15) is 11.6 Å². The van der Waals surface area contributed by atoms with Crippen LogP contribution in [0.5, 0.6) is 0 Å². The van der Waals surface area contributed by atoms with Crippen molar-refractivity contribution in [1.82, 2.24) is 0 Å². The first-order valence-electron chi connectivity index (χ1n) is 8.54. The van der Waals surface area contributed by atoms with Gasteiger partial charge < -0.3 is 10.2 Å². The van der Waals surface area contributed by atoms with E-state index in [4.69, 9.17) is 33.4 Å². The van der Waals surface area contributed by atoms with E-state index >= 15 is 0 Å². The molecule has 2 aliphatic carbocycles. The molecule has 0 bridgehead atoms. The Morgan fingerprint density at radius 2 is 1.14 bits per heavy atom. The average Bonchev–Trinajstić information content (AvgIpc) is 3.49. The third-order valence-corrected chi connectivity index (χ3v) is 5.59. The van der Waals surface area contributed by atoms with Crippen molar-refractivity contribution in [2.75, 3.05) is 0 Å². The van der Waals surface area contributed by atoms with E-state index in [9.17, 15) is 18.4 Å². The molecule has 148 valence electrons. The molecule has 0 aromatic heterocycles. The second kappa shape index (κ2) is 8.05. The van der Waals surface area contributed by atoms with Crippen LogP contribution in [0.2, 0.25) is 10.0 Å². The molecule has 0 radical (unpaired) electrons. The molecule has 28 heavy (non-hydrogen) atoms. The zero-order valence-electron chi connectivity index (χ0n) is 14.4. The predicted octanol–water partition coefficient (Wildman–Crippen LogP) is 5.33. The highest BCUT2D eigenvalue weighted by Gasteiger charge is 2.45. The molecule has 0 amide bonds. The predicted molar refractivity (Wildman–Crippen MR) is 99.8 cm³/mol. The van der Waals surface area contributed by atoms with Gasteiger partial charge in [0, 0.05) is 10.0 Å². The Kier molecular flexibility index (Phi) is 5.91. The number of rotatable bonds is 4. The van der Waals surface area contributed by atoms with E-state index in [0.29, 0.717) is 22.9 Å². The highest BCUT2D eigenvalue weighted by atomic mass is 35.5. The third-order valence-electron chi connectivity index (χ3n) is 4.94. The summed E-state index contributed by atoms with van der Waals surface area (Å²) in [4.78, 5) is 21.2. The van der Waals surface area contributed by atoms with Gasteiger partial charge in [-0.05, 0) is 60.1 Å². The van der Waals surface area contributed by atoms with Gasteiger partial charge in [-0.3, -0.25) is 9.59 Å². The minimum atomic E-state index is -0.810. The molecule has 2 aromatic rings. The number of hydrogen-bond donors (Lipinski definition) is 2. The van der Waals surface area contributed by atoms with Crippen LogP contribution in [-0.4, -0.2) is 22.2 Å². The fourth-order valence-corrected chi connectivity index (χ4v) is 3.84. The van der Waals surface area contributed by atoms with Gasteiger partial charge in [-0.15, -0.1) is 0 Å². The van der Waals surface area contributed by atoms with Gasteiger partial charge in [0.25, 0.3) is 0 Å². The molecular formula is C20H16Cl2F2O4. The van der Waals surface area contributed by atoms with E-state index in [1.807, 2.05) is 0 Å². The zero-order valence-corrected chi connectivity index (χ0v) is 15.9. The lowest BCUT2D eigenvalue weighted by atomic mass is 10.1. The maximum Gasteiger partial charge on any atom is 0.307 e. The van der Waals surface area contributed by atoms with E-state index in [2.05, 4.69) is 0 Å². The molecule has 8 heteroatoms. The normalized spacial score (nSPS) is 24.7. The van der Waals surface area contributed by atoms with Gasteiger partial charge in [0.15, 0.2) is 0 Å². The molecular weight excluding hydrogens is 413 g/mol. The van der Waals surface area contributed by atoms with Crippen molar-refractivity contribution in [2.24, 2.45) is 11.8 Å². The van der Waals surface area contributed by atoms with Crippen LogP contribution in [0.1, 0.15) is 35.8 Å². The standard InChI is InChI=1S/2C10H8ClFO2/c2*11-9-3-5(12)1-2-6(9)7-4-8(7)10(13)14/h2*1-3,7-8H,4H2,(H,13,14). The lowest BCUT2D eigenvalue weighted by Gasteiger charge is -2.01. The van der Waals surface area contributed by atoms with E-state index < -0.39 is 23.6 Å². The molecule has 4 nitrogen and oxygen atoms in total. The Hall–Kier alpha value is -2.18. The summed E-state index contributed by atoms with van der Waals surface area (Å²) in [6.07, 6.45) is 1.20. The summed E-state index contributed by atoms with van der Waals surface area (Å²) in [7, 11) is 0. The Morgan fingerprint density at radius 3 is 1.39 bits per heavy atom. The van der Waals surface area contributed by atoms with Crippen LogP contribution in [0.25, 0.3) is 0 Å². The van der Waals surface area contributed by atoms with E-state index in [-0.39, 0.29) is 23.7 Å². The summed E-state index contributed by atoms with van der Waals surface area (Å²) in [5, 5.41) is 18.1. The Bertz CT molecular complexity index is 859. The third kappa shape index (κ3) is 4.62. The number of carboxylic acids is 2. The number of halogens is 4. The van der Waals surface area contributed by atoms with E-state index in [1.54, 1.807) is 12.1 Å². The van der Waals surface area contributed by atoms with Crippen molar-refractivity contribution in [3.8, 4) is 0 Å². The minimum absolute atomic E-state index is 0.0411. The van der Waals surface area contributed by atoms with Crippen molar-refractivity contribution in [3.05, 3.63) is 69.2 Å². The first-order chi connectivity index (χ1) is 13.2. The molecule has 0 saturated heterocycles. The maximum absolute atomic E-state index is 12.7. The second-order valence-electron chi connectivity index (χ2n) is 6.91. The Labute approximate surface area is 169 Å². The maximum atomic E-state index is 12.7. The number of aliphatic carboxylic acids is 2. The molecule has 0 spiro atoms. The molecule has 2 aliphatic rings. The molecule has 2 saturated carbocycles. The van der Waals surface area contributed by atoms with Crippen molar-refractivity contribution >= 4 is 35.1 Å². The fourth-order valence-electron chi connectivity index (χ4n) is 3.23. The summed E-state index contributed by atoms with van der Waals surface area (Å²) in [5.41, 5.74) is 1.47. The van der Waals surface area contributed by atoms with Crippen LogP contribution >= 0.6 is 23.2 Å². The van der Waals surface area contributed by atoms with E-state index in [1.165, 1.54) is 24.3 Å². The summed E-state index contributed by atoms with van der Waals surface area (Å²) >= 11 is 11.6. The van der Waals surface area contributed by atoms with Crippen molar-refractivity contribution in [1.29, 1.82) is 0 Å². The molecule has 4 unspecified atom stereocenters. The lowest BCUT2D eigenvalue weighted by molar-refractivity contribution is -0.139. The molecule has 2 fully saturated rings. The van der Waals surface area contributed by atoms with Crippen LogP contribution in [0, 0.1) is 23.5 Å². The van der Waals surface area contributed by atoms with Crippen LogP contribution in [0.3, 0.4) is 0 Å². The number of hydrogen-bond acceptors (Lipinski definition) is 2. The first kappa shape index (κ1) is 20.6. The SMILES string of the molecule is O=C(O)C1CC1c1ccc(F)cc1Cl.O=C(O)C1CC1c1ccc(F)cc1Cl. The molecule has 2 N–H and O–H groups in total. The molecule has 0 heterocycles. The Morgan fingerprint density at radius 1 is 0.786 bits per heavy atom. The van der Waals surface area contributed by atoms with Crippen LogP contribution in [0.15, 0.2) is 36.4 Å². The van der Waals surface area contributed by atoms with Gasteiger partial charge in [-0.2, -0.15) is 0 Å². The van der Waals surface area contributed by atoms with Crippen molar-refractivity contribution < 1.29 is 28.6 Å².